The van der Waals surface area contributed by atoms with Gasteiger partial charge in [-0.15, -0.1) is 0 Å². The number of benzene rings is 3. The largest absolute Gasteiger partial charge is 0.497 e. The van der Waals surface area contributed by atoms with Crippen LogP contribution in [0.2, 0.25) is 0 Å². The first kappa shape index (κ1) is 23.4. The third-order valence-electron chi connectivity index (χ3n) is 6.95. The van der Waals surface area contributed by atoms with Crippen molar-refractivity contribution in [2.75, 3.05) is 13.7 Å². The van der Waals surface area contributed by atoms with E-state index in [0.29, 0.717) is 0 Å². The lowest BCUT2D eigenvalue weighted by Crippen LogP contribution is -2.40. The molecule has 4 atom stereocenters. The van der Waals surface area contributed by atoms with Crippen molar-refractivity contribution in [2.45, 2.75) is 30.1 Å². The Bertz CT molecular complexity index is 1380. The number of aliphatic hydroxyl groups excluding tert-OH is 1. The molecule has 0 spiro atoms. The average Bonchev–Trinajstić information content (AvgIpc) is 3.45. The Balaban J connectivity index is 1.37. The molecule has 0 saturated carbocycles. The second-order valence-electron chi connectivity index (χ2n) is 9.05. The van der Waals surface area contributed by atoms with E-state index >= 15 is 0 Å². The summed E-state index contributed by atoms with van der Waals surface area (Å²) in [5.41, 5.74) is 1.38. The number of rotatable bonds is 7. The number of aromatic nitrogens is 2. The molecule has 3 heterocycles. The molecule has 6 rings (SSSR count). The Hall–Kier alpha value is -3.98. The van der Waals surface area contributed by atoms with Crippen LogP contribution in [-0.4, -0.2) is 46.7 Å². The third-order valence-corrected chi connectivity index (χ3v) is 6.95. The molecule has 188 valence electrons. The summed E-state index contributed by atoms with van der Waals surface area (Å²) in [6.07, 6.45) is -1.38. The maximum Gasteiger partial charge on any atom is 0.302 e. The molecule has 0 aliphatic carbocycles. The zero-order valence-electron chi connectivity index (χ0n) is 20.1. The zero-order chi connectivity index (χ0) is 25.4. The monoisotopic (exact) mass is 498 g/mol. The van der Waals surface area contributed by atoms with E-state index in [2.05, 4.69) is 4.98 Å². The van der Waals surface area contributed by atoms with Crippen LogP contribution in [0.25, 0.3) is 0 Å². The van der Waals surface area contributed by atoms with Gasteiger partial charge in [0.25, 0.3) is 5.56 Å². The van der Waals surface area contributed by atoms with Crippen LogP contribution in [0.3, 0.4) is 0 Å². The second kappa shape index (κ2) is 9.48. The number of hydrogen-bond donors (Lipinski definition) is 1. The Morgan fingerprint density at radius 1 is 0.919 bits per heavy atom. The first-order valence-corrected chi connectivity index (χ1v) is 12.1. The topological polar surface area (TPSA) is 92.0 Å². The lowest BCUT2D eigenvalue weighted by Gasteiger charge is -2.37. The normalized spacial score (nSPS) is 22.2. The number of hydrogen-bond acceptors (Lipinski definition) is 7. The molecule has 1 fully saturated rings. The van der Waals surface area contributed by atoms with E-state index in [1.54, 1.807) is 17.9 Å². The summed E-state index contributed by atoms with van der Waals surface area (Å²) >= 11 is 0. The zero-order valence-corrected chi connectivity index (χ0v) is 20.1. The Labute approximate surface area is 213 Å². The highest BCUT2D eigenvalue weighted by molar-refractivity contribution is 5.48. The lowest BCUT2D eigenvalue weighted by molar-refractivity contribution is -0.0936. The van der Waals surface area contributed by atoms with Crippen molar-refractivity contribution in [1.82, 2.24) is 9.55 Å². The van der Waals surface area contributed by atoms with Crippen LogP contribution in [-0.2, 0) is 15.1 Å². The predicted octanol–water partition coefficient (Wildman–Crippen LogP) is 3.28. The predicted molar refractivity (Wildman–Crippen MR) is 135 cm³/mol. The molecule has 2 aliphatic rings. The van der Waals surface area contributed by atoms with E-state index in [0.717, 1.165) is 22.4 Å². The molecule has 8 heteroatoms. The van der Waals surface area contributed by atoms with Crippen LogP contribution in [0.1, 0.15) is 22.9 Å². The van der Waals surface area contributed by atoms with Crippen molar-refractivity contribution in [3.63, 3.8) is 0 Å². The van der Waals surface area contributed by atoms with Crippen molar-refractivity contribution < 1.29 is 24.1 Å². The lowest BCUT2D eigenvalue weighted by atomic mass is 9.80. The molecule has 0 amide bonds. The molecule has 0 bridgehead atoms. The number of fused-ring (bicyclic) bond motifs is 3. The van der Waals surface area contributed by atoms with Crippen LogP contribution in [0.5, 0.6) is 11.8 Å². The van der Waals surface area contributed by atoms with Gasteiger partial charge >= 0.3 is 6.01 Å². The standard InChI is InChI=1S/C29H26N2O6/c1-34-22-14-12-21(13-15-22)29(19-8-4-2-5-9-19,20-10-6-3-7-11-20)35-18-23-25(33)26-27(36-23)31-17-16-24(32)30-28(31)37-26/h2-17,23,25-27,33H,18H2,1H3/t23-,25-,26+,27-/m1/s1. The molecule has 1 N–H and O–H groups in total. The SMILES string of the molecule is COc1ccc(C(OC[C@H]2O[C@@H]3[C@@H](Oc4nc(=O)ccn43)[C@@H]2O)(c2ccccc2)c2ccccc2)cc1. The summed E-state index contributed by atoms with van der Waals surface area (Å²) < 4.78 is 25.8. The van der Waals surface area contributed by atoms with Crippen molar-refractivity contribution in [3.8, 4) is 11.8 Å². The highest BCUT2D eigenvalue weighted by Crippen LogP contribution is 2.43. The molecule has 1 saturated heterocycles. The molecule has 4 aromatic rings. The minimum absolute atomic E-state index is 0.0797. The van der Waals surface area contributed by atoms with Gasteiger partial charge in [0.15, 0.2) is 12.3 Å². The minimum atomic E-state index is -0.986. The highest BCUT2D eigenvalue weighted by atomic mass is 16.6. The summed E-state index contributed by atoms with van der Waals surface area (Å²) in [7, 11) is 1.63. The molecular weight excluding hydrogens is 472 g/mol. The maximum atomic E-state index is 11.6. The quantitative estimate of drug-likeness (QED) is 0.391. The first-order valence-electron chi connectivity index (χ1n) is 12.1. The van der Waals surface area contributed by atoms with Gasteiger partial charge in [-0.25, -0.2) is 0 Å². The molecule has 2 aliphatic heterocycles. The first-order chi connectivity index (χ1) is 18.1. The maximum absolute atomic E-state index is 11.6. The fourth-order valence-corrected chi connectivity index (χ4v) is 5.14. The van der Waals surface area contributed by atoms with E-state index in [4.69, 9.17) is 18.9 Å². The van der Waals surface area contributed by atoms with Crippen LogP contribution < -0.4 is 15.0 Å². The molecule has 0 unspecified atom stereocenters. The van der Waals surface area contributed by atoms with Gasteiger partial charge in [-0.3, -0.25) is 9.36 Å². The van der Waals surface area contributed by atoms with Gasteiger partial charge in [-0.05, 0) is 28.8 Å². The molecule has 8 nitrogen and oxygen atoms in total. The van der Waals surface area contributed by atoms with Crippen molar-refractivity contribution in [2.24, 2.45) is 0 Å². The van der Waals surface area contributed by atoms with Gasteiger partial charge in [0.2, 0.25) is 0 Å². The minimum Gasteiger partial charge on any atom is -0.497 e. The van der Waals surface area contributed by atoms with Crippen molar-refractivity contribution in [3.05, 3.63) is 124 Å². The molecule has 3 aromatic carbocycles. The summed E-state index contributed by atoms with van der Waals surface area (Å²) in [6, 6.07) is 29.2. The second-order valence-corrected chi connectivity index (χ2v) is 9.05. The van der Waals surface area contributed by atoms with E-state index < -0.39 is 35.7 Å². The van der Waals surface area contributed by atoms with E-state index in [9.17, 15) is 9.90 Å². The van der Waals surface area contributed by atoms with Gasteiger partial charge in [-0.2, -0.15) is 4.98 Å². The highest BCUT2D eigenvalue weighted by Gasteiger charge is 2.52. The van der Waals surface area contributed by atoms with Crippen LogP contribution in [0.15, 0.2) is 102 Å². The average molecular weight is 499 g/mol. The Morgan fingerprint density at radius 2 is 1.54 bits per heavy atom. The summed E-state index contributed by atoms with van der Waals surface area (Å²) in [5, 5.41) is 11.1. The fourth-order valence-electron chi connectivity index (χ4n) is 5.14. The summed E-state index contributed by atoms with van der Waals surface area (Å²) in [5.74, 6) is 0.740. The van der Waals surface area contributed by atoms with Crippen molar-refractivity contribution in [1.29, 1.82) is 0 Å². The number of aliphatic hydroxyl groups is 1. The smallest absolute Gasteiger partial charge is 0.302 e. The van der Waals surface area contributed by atoms with Crippen LogP contribution in [0, 0.1) is 0 Å². The van der Waals surface area contributed by atoms with Gasteiger partial charge in [0, 0.05) is 12.3 Å². The number of methoxy groups -OCH3 is 1. The van der Waals surface area contributed by atoms with E-state index in [1.807, 2.05) is 84.9 Å². The molecule has 37 heavy (non-hydrogen) atoms. The van der Waals surface area contributed by atoms with Gasteiger partial charge in [0.1, 0.15) is 23.6 Å². The fraction of sp³-hybridized carbons (Fsp3) is 0.241. The van der Waals surface area contributed by atoms with Crippen molar-refractivity contribution >= 4 is 0 Å². The van der Waals surface area contributed by atoms with E-state index in [-0.39, 0.29) is 12.6 Å². The number of nitrogens with zero attached hydrogens (tertiary/aromatic N) is 2. The van der Waals surface area contributed by atoms with Gasteiger partial charge in [0.05, 0.1) is 13.7 Å². The molecule has 1 aromatic heterocycles. The van der Waals surface area contributed by atoms with Crippen LogP contribution in [0.4, 0.5) is 0 Å². The Morgan fingerprint density at radius 3 is 2.16 bits per heavy atom. The van der Waals surface area contributed by atoms with Gasteiger partial charge in [-0.1, -0.05) is 72.8 Å². The molecule has 0 radical (unpaired) electrons. The third kappa shape index (κ3) is 3.99. The Kier molecular flexibility index (Phi) is 6.00. The van der Waals surface area contributed by atoms with Gasteiger partial charge < -0.3 is 24.1 Å². The van der Waals surface area contributed by atoms with E-state index in [1.165, 1.54) is 6.07 Å². The molecular formula is C29H26N2O6. The van der Waals surface area contributed by atoms with Crippen LogP contribution >= 0.6 is 0 Å². The summed E-state index contributed by atoms with van der Waals surface area (Å²) in [4.78, 5) is 15.5. The number of ether oxygens (including phenoxy) is 4. The summed E-state index contributed by atoms with van der Waals surface area (Å²) in [6.45, 7) is 0.0797.